The van der Waals surface area contributed by atoms with Gasteiger partial charge in [-0.25, -0.2) is 12.7 Å². The number of rotatable bonds is 5. The fraction of sp³-hybridized carbons (Fsp3) is 0.588. The van der Waals surface area contributed by atoms with Gasteiger partial charge in [-0.2, -0.15) is 0 Å². The Hall–Kier alpha value is -1.40. The Labute approximate surface area is 138 Å². The molecule has 3 rings (SSSR count). The Morgan fingerprint density at radius 2 is 1.83 bits per heavy atom. The monoisotopic (exact) mass is 336 g/mol. The summed E-state index contributed by atoms with van der Waals surface area (Å²) in [5, 5.41) is 0. The highest BCUT2D eigenvalue weighted by atomic mass is 32.2. The molecule has 126 valence electrons. The molecule has 2 atom stereocenters. The second-order valence-corrected chi connectivity index (χ2v) is 9.03. The lowest BCUT2D eigenvalue weighted by Crippen LogP contribution is -2.37. The average Bonchev–Trinajstić information content (AvgIpc) is 3.01. The van der Waals surface area contributed by atoms with Crippen LogP contribution in [0, 0.1) is 17.8 Å². The van der Waals surface area contributed by atoms with Gasteiger partial charge < -0.3 is 4.90 Å². The third-order valence-electron chi connectivity index (χ3n) is 4.66. The van der Waals surface area contributed by atoms with E-state index in [1.54, 1.807) is 0 Å². The van der Waals surface area contributed by atoms with Crippen LogP contribution in [0.15, 0.2) is 30.3 Å². The molecule has 2 aliphatic heterocycles. The van der Waals surface area contributed by atoms with Crippen LogP contribution in [-0.2, 0) is 20.6 Å². The van der Waals surface area contributed by atoms with E-state index in [4.69, 9.17) is 0 Å². The van der Waals surface area contributed by atoms with Gasteiger partial charge in [-0.1, -0.05) is 44.2 Å². The highest BCUT2D eigenvalue weighted by Crippen LogP contribution is 2.34. The van der Waals surface area contributed by atoms with E-state index in [9.17, 15) is 13.2 Å². The number of benzene rings is 1. The summed E-state index contributed by atoms with van der Waals surface area (Å²) < 4.78 is 26.7. The first-order chi connectivity index (χ1) is 10.9. The van der Waals surface area contributed by atoms with Gasteiger partial charge in [0.15, 0.2) is 0 Å². The minimum Gasteiger partial charge on any atom is -0.342 e. The normalized spacial score (nSPS) is 25.3. The van der Waals surface area contributed by atoms with Gasteiger partial charge in [-0.05, 0) is 11.5 Å². The van der Waals surface area contributed by atoms with Crippen molar-refractivity contribution in [3.8, 4) is 0 Å². The van der Waals surface area contributed by atoms with Crippen LogP contribution >= 0.6 is 0 Å². The van der Waals surface area contributed by atoms with Crippen LogP contribution in [-0.4, -0.2) is 49.7 Å². The maximum Gasteiger partial charge on any atom is 0.227 e. The molecule has 5 nitrogen and oxygen atoms in total. The van der Waals surface area contributed by atoms with E-state index in [1.807, 2.05) is 35.2 Å². The number of fused-ring (bicyclic) bond motifs is 1. The molecule has 0 radical (unpaired) electrons. The van der Waals surface area contributed by atoms with E-state index in [1.165, 1.54) is 4.31 Å². The van der Waals surface area contributed by atoms with Gasteiger partial charge in [0.25, 0.3) is 0 Å². The van der Waals surface area contributed by atoms with Crippen LogP contribution in [0.2, 0.25) is 0 Å². The van der Waals surface area contributed by atoms with E-state index in [0.717, 1.165) is 12.1 Å². The van der Waals surface area contributed by atoms with Crippen LogP contribution in [0.25, 0.3) is 0 Å². The maximum atomic E-state index is 12.6. The molecule has 0 spiro atoms. The summed E-state index contributed by atoms with van der Waals surface area (Å²) in [7, 11) is -3.36. The second-order valence-electron chi connectivity index (χ2n) is 7.06. The molecular formula is C17H24N2O3S. The Kier molecular flexibility index (Phi) is 4.47. The van der Waals surface area contributed by atoms with Crippen LogP contribution < -0.4 is 0 Å². The predicted molar refractivity (Wildman–Crippen MR) is 89.0 cm³/mol. The van der Waals surface area contributed by atoms with Gasteiger partial charge in [0, 0.05) is 32.1 Å². The lowest BCUT2D eigenvalue weighted by atomic mass is 10.0. The number of carbonyl (C=O) groups is 1. The molecule has 0 aliphatic carbocycles. The summed E-state index contributed by atoms with van der Waals surface area (Å²) in [6, 6.07) is 9.21. The van der Waals surface area contributed by atoms with Crippen LogP contribution in [0.4, 0.5) is 0 Å². The van der Waals surface area contributed by atoms with E-state index in [0.29, 0.717) is 25.6 Å². The second kappa shape index (κ2) is 6.24. The molecule has 0 saturated carbocycles. The first-order valence-corrected chi connectivity index (χ1v) is 9.78. The summed E-state index contributed by atoms with van der Waals surface area (Å²) in [6.45, 7) is 6.46. The summed E-state index contributed by atoms with van der Waals surface area (Å²) in [4.78, 5) is 14.4. The average molecular weight is 336 g/mol. The highest BCUT2D eigenvalue weighted by Gasteiger charge is 2.48. The van der Waals surface area contributed by atoms with Crippen LogP contribution in [0.1, 0.15) is 19.4 Å². The van der Waals surface area contributed by atoms with Crippen molar-refractivity contribution in [1.82, 2.24) is 9.21 Å². The minimum absolute atomic E-state index is 0.0111. The Balaban J connectivity index is 1.66. The Morgan fingerprint density at radius 1 is 1.13 bits per heavy atom. The molecule has 0 aromatic heterocycles. The number of nitrogens with zero attached hydrogens (tertiary/aromatic N) is 2. The number of likely N-dealkylation sites (tertiary alicyclic amines) is 1. The number of hydrogen-bond donors (Lipinski definition) is 0. The molecule has 23 heavy (non-hydrogen) atoms. The van der Waals surface area contributed by atoms with Gasteiger partial charge in [-0.3, -0.25) is 4.79 Å². The number of carbonyl (C=O) groups excluding carboxylic acids is 1. The van der Waals surface area contributed by atoms with Crippen molar-refractivity contribution in [2.24, 2.45) is 17.8 Å². The van der Waals surface area contributed by atoms with Crippen LogP contribution in [0.5, 0.6) is 0 Å². The molecule has 1 amide bonds. The molecule has 2 fully saturated rings. The van der Waals surface area contributed by atoms with Crippen molar-refractivity contribution in [3.05, 3.63) is 35.9 Å². The molecule has 0 unspecified atom stereocenters. The predicted octanol–water partition coefficient (Wildman–Crippen LogP) is 1.56. The number of amides is 1. The Bertz CT molecular complexity index is 672. The molecule has 2 aliphatic rings. The first-order valence-electron chi connectivity index (χ1n) is 8.17. The van der Waals surface area contributed by atoms with E-state index >= 15 is 0 Å². The number of hydrogen-bond acceptors (Lipinski definition) is 3. The fourth-order valence-electron chi connectivity index (χ4n) is 3.61. The van der Waals surface area contributed by atoms with Crippen molar-refractivity contribution in [2.45, 2.75) is 19.6 Å². The number of sulfonamides is 1. The zero-order valence-corrected chi connectivity index (χ0v) is 14.5. The van der Waals surface area contributed by atoms with Gasteiger partial charge in [0.1, 0.15) is 0 Å². The minimum atomic E-state index is -3.36. The van der Waals surface area contributed by atoms with Crippen LogP contribution in [0.3, 0.4) is 0 Å². The van der Waals surface area contributed by atoms with Crippen molar-refractivity contribution < 1.29 is 13.2 Å². The third-order valence-corrected chi connectivity index (χ3v) is 6.45. The Morgan fingerprint density at radius 3 is 2.43 bits per heavy atom. The molecule has 0 bridgehead atoms. The van der Waals surface area contributed by atoms with E-state index in [-0.39, 0.29) is 23.5 Å². The van der Waals surface area contributed by atoms with Gasteiger partial charge in [0.2, 0.25) is 15.9 Å². The fourth-order valence-corrected chi connectivity index (χ4v) is 5.22. The smallest absolute Gasteiger partial charge is 0.227 e. The van der Waals surface area contributed by atoms with Crippen molar-refractivity contribution in [2.75, 3.05) is 26.2 Å². The molecule has 1 aromatic carbocycles. The maximum absolute atomic E-state index is 12.6. The summed E-state index contributed by atoms with van der Waals surface area (Å²) >= 11 is 0. The molecular weight excluding hydrogens is 312 g/mol. The SMILES string of the molecule is CC(C)CN1C[C@@H]2CN(S(=O)(=O)Cc3ccccc3)C[C@H]2C1=O. The lowest BCUT2D eigenvalue weighted by molar-refractivity contribution is -0.131. The summed E-state index contributed by atoms with van der Waals surface area (Å²) in [6.07, 6.45) is 0. The molecule has 0 N–H and O–H groups in total. The summed E-state index contributed by atoms with van der Waals surface area (Å²) in [5.41, 5.74) is 0.789. The van der Waals surface area contributed by atoms with Crippen molar-refractivity contribution in [3.63, 3.8) is 0 Å². The van der Waals surface area contributed by atoms with Crippen molar-refractivity contribution >= 4 is 15.9 Å². The molecule has 1 aromatic rings. The quantitative estimate of drug-likeness (QED) is 0.820. The lowest BCUT2D eigenvalue weighted by Gasteiger charge is -2.23. The molecule has 2 heterocycles. The zero-order valence-electron chi connectivity index (χ0n) is 13.7. The van der Waals surface area contributed by atoms with Gasteiger partial charge >= 0.3 is 0 Å². The zero-order chi connectivity index (χ0) is 16.6. The van der Waals surface area contributed by atoms with Crippen molar-refractivity contribution in [1.29, 1.82) is 0 Å². The topological polar surface area (TPSA) is 57.7 Å². The summed E-state index contributed by atoms with van der Waals surface area (Å²) in [5.74, 6) is 0.569. The van der Waals surface area contributed by atoms with Gasteiger partial charge in [0.05, 0.1) is 11.7 Å². The van der Waals surface area contributed by atoms with E-state index < -0.39 is 10.0 Å². The van der Waals surface area contributed by atoms with Gasteiger partial charge in [-0.15, -0.1) is 0 Å². The van der Waals surface area contributed by atoms with E-state index in [2.05, 4.69) is 13.8 Å². The molecule has 6 heteroatoms. The highest BCUT2D eigenvalue weighted by molar-refractivity contribution is 7.88. The third kappa shape index (κ3) is 3.43. The standard InChI is InChI=1S/C17H24N2O3S/c1-13(2)8-18-9-15-10-19(11-16(15)17(18)20)23(21,22)12-14-6-4-3-5-7-14/h3-7,13,15-16H,8-12H2,1-2H3/t15-,16-/m1/s1. The molecule has 2 saturated heterocycles. The largest absolute Gasteiger partial charge is 0.342 e. The first kappa shape index (κ1) is 16.5.